The second-order valence-corrected chi connectivity index (χ2v) is 5.87. The van der Waals surface area contributed by atoms with E-state index in [1.54, 1.807) is 6.20 Å². The molecule has 5 N–H and O–H groups in total. The minimum atomic E-state index is -2.09. The van der Waals surface area contributed by atoms with Crippen LogP contribution in [0.25, 0.3) is 22.5 Å². The van der Waals surface area contributed by atoms with Crippen molar-refractivity contribution in [3.05, 3.63) is 25.0 Å². The first-order valence-corrected chi connectivity index (χ1v) is 7.66. The maximum atomic E-state index is 10.8. The van der Waals surface area contributed by atoms with E-state index in [1.165, 1.54) is 23.4 Å². The third-order valence-corrected chi connectivity index (χ3v) is 4.45. The summed E-state index contributed by atoms with van der Waals surface area (Å²) in [7, 11) is 0. The van der Waals surface area contributed by atoms with Gasteiger partial charge < -0.3 is 34.8 Å². The summed E-state index contributed by atoms with van der Waals surface area (Å²) in [6.07, 6.45) is 7.32. The number of fused-ring (bicyclic) bond motifs is 1. The zero-order valence-corrected chi connectivity index (χ0v) is 13.4. The molecule has 0 unspecified atom stereocenters. The molecule has 10 nitrogen and oxygen atoms in total. The van der Waals surface area contributed by atoms with Crippen molar-refractivity contribution < 1.29 is 24.5 Å². The lowest BCUT2D eigenvalue weighted by Gasteiger charge is -2.26. The van der Waals surface area contributed by atoms with Gasteiger partial charge in [0.2, 0.25) is 5.89 Å². The number of hydrogen-bond donors (Lipinski definition) is 4. The molecule has 3 aromatic rings. The van der Waals surface area contributed by atoms with Crippen LogP contribution in [-0.2, 0) is 4.74 Å². The Morgan fingerprint density at radius 2 is 2.19 bits per heavy atom. The summed E-state index contributed by atoms with van der Waals surface area (Å²) in [5.41, 5.74) is 4.67. The van der Waals surface area contributed by atoms with Gasteiger partial charge in [0.1, 0.15) is 36.3 Å². The van der Waals surface area contributed by atoms with E-state index >= 15 is 0 Å². The Labute approximate surface area is 146 Å². The second-order valence-electron chi connectivity index (χ2n) is 5.87. The highest BCUT2D eigenvalue weighted by molar-refractivity contribution is 5.99. The van der Waals surface area contributed by atoms with E-state index in [0.29, 0.717) is 16.6 Å². The topological polar surface area (TPSA) is 153 Å². The largest absolute Gasteiger partial charge is 0.444 e. The molecular weight excluding hydrogens is 342 g/mol. The Morgan fingerprint density at radius 3 is 2.85 bits per heavy atom. The lowest BCUT2D eigenvalue weighted by Crippen LogP contribution is -2.45. The number of hydrogen-bond acceptors (Lipinski definition) is 9. The van der Waals surface area contributed by atoms with Crippen molar-refractivity contribution in [1.82, 2.24) is 19.5 Å². The first-order chi connectivity index (χ1) is 12.5. The van der Waals surface area contributed by atoms with Crippen molar-refractivity contribution in [2.75, 3.05) is 12.3 Å². The van der Waals surface area contributed by atoms with Gasteiger partial charge in [0.25, 0.3) is 0 Å². The zero-order valence-electron chi connectivity index (χ0n) is 13.4. The van der Waals surface area contributed by atoms with Gasteiger partial charge in [-0.05, 0) is 0 Å². The molecule has 1 fully saturated rings. The van der Waals surface area contributed by atoms with Crippen molar-refractivity contribution in [2.45, 2.75) is 24.0 Å². The monoisotopic (exact) mass is 357 g/mol. The summed E-state index contributed by atoms with van der Waals surface area (Å²) in [6.45, 7) is -0.523. The maximum Gasteiger partial charge on any atom is 0.228 e. The average Bonchev–Trinajstić information content (AvgIpc) is 3.34. The molecule has 0 radical (unpaired) electrons. The molecular formula is C16H15N5O5. The summed E-state index contributed by atoms with van der Waals surface area (Å²) < 4.78 is 12.4. The fourth-order valence-electron chi connectivity index (χ4n) is 3.16. The minimum absolute atomic E-state index is 0.170. The van der Waals surface area contributed by atoms with Crippen LogP contribution < -0.4 is 5.73 Å². The number of nitrogen functional groups attached to an aromatic ring is 1. The number of nitrogens with two attached hydrogens (primary N) is 1. The Morgan fingerprint density at radius 1 is 1.38 bits per heavy atom. The molecule has 134 valence electrons. The van der Waals surface area contributed by atoms with Gasteiger partial charge >= 0.3 is 0 Å². The quantitative estimate of drug-likeness (QED) is 0.445. The predicted octanol–water partition coefficient (Wildman–Crippen LogP) is -0.717. The standard InChI is InChI=1S/C16H15N5O5/c1-2-16(24)11(23)9(6-22)26-15(16)21-5-8(14-18-3-4-25-14)10-12(17)19-7-20-13(10)21/h1,3-5,7,9,11,15,22-24H,6H2,(H2,17,19,20)/t9-,11-,15-,16-/m1/s1. The third kappa shape index (κ3) is 2.12. The molecule has 0 aromatic carbocycles. The molecule has 0 saturated carbocycles. The summed E-state index contributed by atoms with van der Waals surface area (Å²) in [6, 6.07) is 0. The fourth-order valence-corrected chi connectivity index (χ4v) is 3.16. The number of aliphatic hydroxyl groups excluding tert-OH is 2. The fraction of sp³-hybridized carbons (Fsp3) is 0.312. The van der Waals surface area contributed by atoms with E-state index in [4.69, 9.17) is 21.3 Å². The van der Waals surface area contributed by atoms with Crippen molar-refractivity contribution in [2.24, 2.45) is 0 Å². The molecule has 1 saturated heterocycles. The molecule has 0 spiro atoms. The molecule has 3 aromatic heterocycles. The van der Waals surface area contributed by atoms with Crippen LogP contribution in [0, 0.1) is 12.3 Å². The van der Waals surface area contributed by atoms with Crippen LogP contribution in [-0.4, -0.2) is 59.3 Å². The van der Waals surface area contributed by atoms with Gasteiger partial charge in [-0.3, -0.25) is 0 Å². The van der Waals surface area contributed by atoms with Gasteiger partial charge in [0.15, 0.2) is 11.8 Å². The number of aliphatic hydroxyl groups is 3. The normalized spacial score (nSPS) is 28.5. The third-order valence-electron chi connectivity index (χ3n) is 4.45. The Bertz CT molecular complexity index is 995. The predicted molar refractivity (Wildman–Crippen MR) is 88.2 cm³/mol. The van der Waals surface area contributed by atoms with Crippen LogP contribution in [0.15, 0.2) is 29.4 Å². The summed E-state index contributed by atoms with van der Waals surface area (Å²) >= 11 is 0. The highest BCUT2D eigenvalue weighted by Gasteiger charge is 2.55. The minimum Gasteiger partial charge on any atom is -0.444 e. The number of terminal acetylenes is 1. The van der Waals surface area contributed by atoms with Crippen molar-refractivity contribution >= 4 is 16.9 Å². The summed E-state index contributed by atoms with van der Waals surface area (Å²) in [4.78, 5) is 12.3. The number of anilines is 1. The van der Waals surface area contributed by atoms with E-state index in [0.717, 1.165) is 0 Å². The Kier molecular flexibility index (Phi) is 3.67. The van der Waals surface area contributed by atoms with Gasteiger partial charge in [0.05, 0.1) is 23.8 Å². The lowest BCUT2D eigenvalue weighted by molar-refractivity contribution is -0.0718. The van der Waals surface area contributed by atoms with Crippen LogP contribution in [0.1, 0.15) is 6.23 Å². The number of aromatic nitrogens is 4. The number of nitrogens with zero attached hydrogens (tertiary/aromatic N) is 4. The molecule has 1 aliphatic rings. The highest BCUT2D eigenvalue weighted by Crippen LogP contribution is 2.42. The molecule has 0 aliphatic carbocycles. The summed E-state index contributed by atoms with van der Waals surface area (Å²) in [5.74, 6) is 2.59. The Balaban J connectivity index is 1.96. The van der Waals surface area contributed by atoms with E-state index in [-0.39, 0.29) is 11.7 Å². The first-order valence-electron chi connectivity index (χ1n) is 7.66. The second kappa shape index (κ2) is 5.79. The van der Waals surface area contributed by atoms with Crippen LogP contribution in [0.3, 0.4) is 0 Å². The van der Waals surface area contributed by atoms with E-state index in [2.05, 4.69) is 20.9 Å². The lowest BCUT2D eigenvalue weighted by atomic mass is 9.95. The average molecular weight is 357 g/mol. The van der Waals surface area contributed by atoms with Crippen molar-refractivity contribution in [3.63, 3.8) is 0 Å². The van der Waals surface area contributed by atoms with E-state index in [1.807, 2.05) is 0 Å². The zero-order chi connectivity index (χ0) is 18.5. The van der Waals surface area contributed by atoms with Gasteiger partial charge in [-0.2, -0.15) is 0 Å². The molecule has 0 bridgehead atoms. The highest BCUT2D eigenvalue weighted by atomic mass is 16.6. The van der Waals surface area contributed by atoms with Gasteiger partial charge in [-0.1, -0.05) is 5.92 Å². The van der Waals surface area contributed by atoms with Crippen LogP contribution in [0.2, 0.25) is 0 Å². The number of rotatable bonds is 3. The van der Waals surface area contributed by atoms with Crippen LogP contribution in [0.4, 0.5) is 5.82 Å². The Hall–Kier alpha value is -2.97. The molecule has 10 heteroatoms. The van der Waals surface area contributed by atoms with Gasteiger partial charge in [-0.25, -0.2) is 15.0 Å². The number of ether oxygens (including phenoxy) is 1. The molecule has 0 amide bonds. The first kappa shape index (κ1) is 16.5. The molecule has 4 rings (SSSR count). The van der Waals surface area contributed by atoms with Crippen molar-refractivity contribution in [1.29, 1.82) is 0 Å². The molecule has 4 atom stereocenters. The summed E-state index contributed by atoms with van der Waals surface area (Å²) in [5, 5.41) is 30.9. The van der Waals surface area contributed by atoms with E-state index in [9.17, 15) is 15.3 Å². The number of oxazole rings is 1. The van der Waals surface area contributed by atoms with Gasteiger partial charge in [-0.15, -0.1) is 6.42 Å². The smallest absolute Gasteiger partial charge is 0.228 e. The van der Waals surface area contributed by atoms with Crippen LogP contribution >= 0.6 is 0 Å². The SMILES string of the molecule is C#C[C@@]1(O)[C@H](O)[C@@H](CO)O[C@H]1n1cc(-c2ncco2)c2c(N)ncnc21. The van der Waals surface area contributed by atoms with E-state index < -0.39 is 30.6 Å². The maximum absolute atomic E-state index is 10.8. The molecule has 4 heterocycles. The molecule has 26 heavy (non-hydrogen) atoms. The molecule has 1 aliphatic heterocycles. The van der Waals surface area contributed by atoms with Crippen LogP contribution in [0.5, 0.6) is 0 Å². The van der Waals surface area contributed by atoms with Gasteiger partial charge in [0, 0.05) is 6.20 Å². The van der Waals surface area contributed by atoms with Crippen molar-refractivity contribution in [3.8, 4) is 23.8 Å².